The van der Waals surface area contributed by atoms with E-state index in [0.29, 0.717) is 33.2 Å². The highest BCUT2D eigenvalue weighted by atomic mass is 35.5. The van der Waals surface area contributed by atoms with E-state index in [2.05, 4.69) is 27.2 Å². The minimum atomic E-state index is -1.15. The quantitative estimate of drug-likeness (QED) is 0.204. The molecule has 8 heteroatoms. The van der Waals surface area contributed by atoms with Crippen LogP contribution in [0.3, 0.4) is 0 Å². The van der Waals surface area contributed by atoms with Crippen molar-refractivity contribution in [1.29, 1.82) is 0 Å². The van der Waals surface area contributed by atoms with Gasteiger partial charge in [-0.15, -0.1) is 0 Å². The van der Waals surface area contributed by atoms with Gasteiger partial charge < -0.3 is 15.4 Å². The van der Waals surface area contributed by atoms with Crippen LogP contribution in [0.4, 0.5) is 0 Å². The number of halogens is 1. The zero-order chi connectivity index (χ0) is 26.6. The van der Waals surface area contributed by atoms with E-state index in [9.17, 15) is 14.7 Å². The van der Waals surface area contributed by atoms with Crippen LogP contribution in [0.2, 0.25) is 5.02 Å². The summed E-state index contributed by atoms with van der Waals surface area (Å²) in [7, 11) is 0. The summed E-state index contributed by atoms with van der Waals surface area (Å²) in [6, 6.07) is 23.1. The number of pyridine rings is 1. The predicted octanol–water partition coefficient (Wildman–Crippen LogP) is 6.91. The van der Waals surface area contributed by atoms with Crippen LogP contribution in [0, 0.1) is 0 Å². The maximum Gasteiger partial charge on any atom is 0.336 e. The van der Waals surface area contributed by atoms with Crippen molar-refractivity contribution in [3.63, 3.8) is 0 Å². The van der Waals surface area contributed by atoms with Gasteiger partial charge in [0.25, 0.3) is 5.91 Å². The van der Waals surface area contributed by atoms with Crippen molar-refractivity contribution in [2.75, 3.05) is 0 Å². The van der Waals surface area contributed by atoms with E-state index in [1.807, 2.05) is 42.5 Å². The highest BCUT2D eigenvalue weighted by Gasteiger charge is 2.21. The summed E-state index contributed by atoms with van der Waals surface area (Å²) in [6.07, 6.45) is 3.30. The van der Waals surface area contributed by atoms with Crippen molar-refractivity contribution < 1.29 is 14.7 Å². The van der Waals surface area contributed by atoms with E-state index in [0.717, 1.165) is 23.9 Å². The van der Waals surface area contributed by atoms with Crippen molar-refractivity contribution in [3.05, 3.63) is 107 Å². The second-order valence-corrected chi connectivity index (χ2v) is 9.38. The van der Waals surface area contributed by atoms with Gasteiger partial charge in [-0.1, -0.05) is 61.3 Å². The third-order valence-electron chi connectivity index (χ3n) is 6.38. The number of carbonyl (C=O) groups excluding carboxylic acids is 1. The number of benzene rings is 3. The molecule has 2 aromatic heterocycles. The summed E-state index contributed by atoms with van der Waals surface area (Å²) in [4.78, 5) is 37.7. The van der Waals surface area contributed by atoms with E-state index in [1.54, 1.807) is 36.5 Å². The number of amides is 1. The molecule has 5 rings (SSSR count). The zero-order valence-electron chi connectivity index (χ0n) is 20.6. The number of H-pyrrole nitrogens is 1. The Labute approximate surface area is 224 Å². The summed E-state index contributed by atoms with van der Waals surface area (Å²) >= 11 is 6.34. The fraction of sp³-hybridized carbons (Fsp3) is 0.133. The highest BCUT2D eigenvalue weighted by Crippen LogP contribution is 2.36. The van der Waals surface area contributed by atoms with E-state index in [-0.39, 0.29) is 23.1 Å². The van der Waals surface area contributed by atoms with Crippen LogP contribution in [0.1, 0.15) is 52.1 Å². The molecule has 0 aliphatic heterocycles. The van der Waals surface area contributed by atoms with E-state index >= 15 is 0 Å². The average molecular weight is 525 g/mol. The number of imidazole rings is 1. The molecular weight excluding hydrogens is 500 g/mol. The first-order valence-electron chi connectivity index (χ1n) is 12.3. The molecule has 0 bridgehead atoms. The van der Waals surface area contributed by atoms with E-state index < -0.39 is 5.97 Å². The van der Waals surface area contributed by atoms with Gasteiger partial charge in [-0.3, -0.25) is 4.79 Å². The molecule has 0 spiro atoms. The Morgan fingerprint density at radius 3 is 2.50 bits per heavy atom. The number of aromatic amines is 1. The standard InChI is InChI=1S/C30H25ClN4O3/c1-2-7-25(18-8-4-3-5-9-18)34-29(36)19-11-13-21(24(16-19)30(37)38)23-17-20(31)12-14-22(23)27-33-26-10-6-15-32-28(26)35-27/h3-6,8-17,25H,2,7H2,1H3,(H,34,36)(H,37,38)(H,32,33,35)/t25-/m1/s1. The van der Waals surface area contributed by atoms with Crippen LogP contribution in [0.25, 0.3) is 33.7 Å². The van der Waals surface area contributed by atoms with Crippen LogP contribution >= 0.6 is 11.6 Å². The summed E-state index contributed by atoms with van der Waals surface area (Å²) in [5.74, 6) is -0.954. The summed E-state index contributed by atoms with van der Waals surface area (Å²) in [5.41, 5.74) is 4.23. The number of aromatic nitrogens is 3. The van der Waals surface area contributed by atoms with Gasteiger partial charge in [-0.2, -0.15) is 0 Å². The van der Waals surface area contributed by atoms with Crippen LogP contribution in [0.5, 0.6) is 0 Å². The van der Waals surface area contributed by atoms with Crippen molar-refractivity contribution >= 4 is 34.6 Å². The third kappa shape index (κ3) is 5.14. The van der Waals surface area contributed by atoms with E-state index in [1.165, 1.54) is 6.07 Å². The Bertz CT molecular complexity index is 1600. The normalized spacial score (nSPS) is 11.8. The van der Waals surface area contributed by atoms with Gasteiger partial charge >= 0.3 is 5.97 Å². The van der Waals surface area contributed by atoms with Crippen LogP contribution in [-0.4, -0.2) is 31.9 Å². The lowest BCUT2D eigenvalue weighted by molar-refractivity contribution is 0.0697. The maximum atomic E-state index is 13.2. The first-order valence-corrected chi connectivity index (χ1v) is 12.7. The third-order valence-corrected chi connectivity index (χ3v) is 6.62. The summed E-state index contributed by atoms with van der Waals surface area (Å²) < 4.78 is 0. The van der Waals surface area contributed by atoms with Crippen LogP contribution < -0.4 is 5.32 Å². The summed E-state index contributed by atoms with van der Waals surface area (Å²) in [5, 5.41) is 13.6. The van der Waals surface area contributed by atoms with Crippen molar-refractivity contribution in [1.82, 2.24) is 20.3 Å². The molecule has 190 valence electrons. The molecule has 0 aliphatic carbocycles. The van der Waals surface area contributed by atoms with Crippen LogP contribution in [-0.2, 0) is 0 Å². The Hall–Kier alpha value is -4.49. The summed E-state index contributed by atoms with van der Waals surface area (Å²) in [6.45, 7) is 2.06. The lowest BCUT2D eigenvalue weighted by Crippen LogP contribution is -2.28. The number of aromatic carboxylic acids is 1. The lowest BCUT2D eigenvalue weighted by Gasteiger charge is -2.19. The number of fused-ring (bicyclic) bond motifs is 1. The van der Waals surface area contributed by atoms with Gasteiger partial charge in [0.2, 0.25) is 0 Å². The maximum absolute atomic E-state index is 13.2. The highest BCUT2D eigenvalue weighted by molar-refractivity contribution is 6.31. The Kier molecular flexibility index (Phi) is 7.20. The smallest absolute Gasteiger partial charge is 0.336 e. The number of hydrogen-bond donors (Lipinski definition) is 3. The molecule has 0 unspecified atom stereocenters. The van der Waals surface area contributed by atoms with Crippen molar-refractivity contribution in [3.8, 4) is 22.5 Å². The number of rotatable bonds is 8. The van der Waals surface area contributed by atoms with Crippen molar-refractivity contribution in [2.45, 2.75) is 25.8 Å². The van der Waals surface area contributed by atoms with Gasteiger partial charge in [-0.05, 0) is 65.6 Å². The molecule has 1 amide bonds. The molecule has 0 saturated carbocycles. The molecular formula is C30H25ClN4O3. The molecule has 0 aliphatic rings. The molecule has 7 nitrogen and oxygen atoms in total. The van der Waals surface area contributed by atoms with Gasteiger partial charge in [0.05, 0.1) is 17.1 Å². The number of carboxylic acids is 1. The molecule has 0 saturated heterocycles. The van der Waals surface area contributed by atoms with Crippen LogP contribution in [0.15, 0.2) is 85.1 Å². The molecule has 1 atom stereocenters. The Morgan fingerprint density at radius 2 is 1.76 bits per heavy atom. The SMILES string of the molecule is CCC[C@@H](NC(=O)c1ccc(-c2cc(Cl)ccc2-c2nc3ncccc3[nH]2)c(C(=O)O)c1)c1ccccc1. The molecule has 0 radical (unpaired) electrons. The largest absolute Gasteiger partial charge is 0.478 e. The number of nitrogens with one attached hydrogen (secondary N) is 2. The minimum absolute atomic E-state index is 0.0119. The predicted molar refractivity (Wildman–Crippen MR) is 148 cm³/mol. The molecule has 0 fully saturated rings. The zero-order valence-corrected chi connectivity index (χ0v) is 21.4. The average Bonchev–Trinajstić information content (AvgIpc) is 3.37. The van der Waals surface area contributed by atoms with Gasteiger partial charge in [0, 0.05) is 22.3 Å². The molecule has 3 aromatic carbocycles. The topological polar surface area (TPSA) is 108 Å². The fourth-order valence-electron chi connectivity index (χ4n) is 4.55. The molecule has 38 heavy (non-hydrogen) atoms. The number of nitrogens with zero attached hydrogens (tertiary/aromatic N) is 2. The Morgan fingerprint density at radius 1 is 0.974 bits per heavy atom. The molecule has 5 aromatic rings. The van der Waals surface area contributed by atoms with Gasteiger partial charge in [0.1, 0.15) is 5.82 Å². The first kappa shape index (κ1) is 25.2. The molecule has 3 N–H and O–H groups in total. The Balaban J connectivity index is 1.54. The molecule has 2 heterocycles. The minimum Gasteiger partial charge on any atom is -0.478 e. The van der Waals surface area contributed by atoms with Gasteiger partial charge in [-0.25, -0.2) is 14.8 Å². The lowest BCUT2D eigenvalue weighted by atomic mass is 9.93. The van der Waals surface area contributed by atoms with E-state index in [4.69, 9.17) is 11.6 Å². The van der Waals surface area contributed by atoms with Crippen molar-refractivity contribution in [2.24, 2.45) is 0 Å². The second kappa shape index (κ2) is 10.9. The first-order chi connectivity index (χ1) is 18.4. The fourth-order valence-corrected chi connectivity index (χ4v) is 4.73. The number of carboxylic acid groups (broad SMARTS) is 1. The second-order valence-electron chi connectivity index (χ2n) is 8.94. The van der Waals surface area contributed by atoms with Gasteiger partial charge in [0.15, 0.2) is 5.65 Å². The number of hydrogen-bond acceptors (Lipinski definition) is 4. The number of carbonyl (C=O) groups is 2. The monoisotopic (exact) mass is 524 g/mol.